The molecule has 3 N–H and O–H groups in total. The number of thiazole rings is 1. The van der Waals surface area contributed by atoms with Gasteiger partial charge < -0.3 is 11.1 Å². The van der Waals surface area contributed by atoms with E-state index >= 15 is 0 Å². The van der Waals surface area contributed by atoms with Crippen LogP contribution in [0, 0.1) is 5.82 Å². The molecule has 1 heterocycles. The van der Waals surface area contributed by atoms with Crippen LogP contribution in [-0.2, 0) is 12.6 Å². The van der Waals surface area contributed by atoms with Gasteiger partial charge in [0.1, 0.15) is 5.82 Å². The number of anilines is 1. The molecule has 1 aromatic heterocycles. The molecule has 0 aliphatic rings. The summed E-state index contributed by atoms with van der Waals surface area (Å²) in [6.07, 6.45) is -4.29. The molecule has 124 valence electrons. The minimum Gasteiger partial charge on any atom is -0.384 e. The van der Waals surface area contributed by atoms with E-state index in [-0.39, 0.29) is 29.2 Å². The van der Waals surface area contributed by atoms with Crippen LogP contribution in [0.2, 0.25) is 0 Å². The number of nitrogens with one attached hydrogen (secondary N) is 1. The molecule has 0 atom stereocenters. The van der Waals surface area contributed by atoms with Crippen molar-refractivity contribution in [2.45, 2.75) is 12.6 Å². The molecule has 4 nitrogen and oxygen atoms in total. The zero-order chi connectivity index (χ0) is 17.2. The molecule has 10 heteroatoms. The van der Waals surface area contributed by atoms with Crippen molar-refractivity contribution in [2.24, 2.45) is 5.73 Å². The number of benzene rings is 1. The Morgan fingerprint density at radius 3 is 2.65 bits per heavy atom. The molecule has 0 unspecified atom stereocenters. The Balaban J connectivity index is 2.07. The fraction of sp³-hybridized carbons (Fsp3) is 0.231. The van der Waals surface area contributed by atoms with Crippen molar-refractivity contribution in [3.8, 4) is 0 Å². The number of rotatable bonds is 5. The van der Waals surface area contributed by atoms with Crippen LogP contribution in [0.4, 0.5) is 23.2 Å². The number of nitrogens with two attached hydrogens (primary N) is 1. The number of carbonyl (C=O) groups excluding carboxylic acids is 1. The van der Waals surface area contributed by atoms with Crippen molar-refractivity contribution in [2.75, 3.05) is 11.9 Å². The van der Waals surface area contributed by atoms with Gasteiger partial charge >= 0.3 is 6.18 Å². The standard InChI is InChI=1S/C13H10BrF4N3OS/c14-6-3-7(15)11(12(19)22)8(4-6)20-2-1-10-21-9(5-23-10)13(16,17)18/h3-5,20H,1-2H2,(H2,19,22). The van der Waals surface area contributed by atoms with Crippen molar-refractivity contribution < 1.29 is 22.4 Å². The van der Waals surface area contributed by atoms with Gasteiger partial charge in [0.2, 0.25) is 0 Å². The summed E-state index contributed by atoms with van der Waals surface area (Å²) in [5.41, 5.74) is 4.05. The lowest BCUT2D eigenvalue weighted by Crippen LogP contribution is -2.17. The fourth-order valence-electron chi connectivity index (χ4n) is 1.82. The quantitative estimate of drug-likeness (QED) is 0.734. The predicted molar refractivity (Wildman–Crippen MR) is 81.9 cm³/mol. The number of carbonyl (C=O) groups is 1. The first-order chi connectivity index (χ1) is 10.7. The van der Waals surface area contributed by atoms with Crippen LogP contribution in [-0.4, -0.2) is 17.4 Å². The van der Waals surface area contributed by atoms with Crippen LogP contribution in [0.3, 0.4) is 0 Å². The van der Waals surface area contributed by atoms with Gasteiger partial charge in [-0.05, 0) is 12.1 Å². The average Bonchev–Trinajstić information content (AvgIpc) is 2.86. The maximum Gasteiger partial charge on any atom is 0.434 e. The van der Waals surface area contributed by atoms with Gasteiger partial charge in [-0.15, -0.1) is 11.3 Å². The molecule has 0 aliphatic carbocycles. The van der Waals surface area contributed by atoms with Crippen LogP contribution >= 0.6 is 27.3 Å². The van der Waals surface area contributed by atoms with Gasteiger partial charge in [-0.3, -0.25) is 4.79 Å². The molecule has 0 aliphatic heterocycles. The first-order valence-corrected chi connectivity index (χ1v) is 7.90. The van der Waals surface area contributed by atoms with Crippen LogP contribution < -0.4 is 11.1 Å². The Kier molecular flexibility index (Phi) is 5.25. The summed E-state index contributed by atoms with van der Waals surface area (Å²) in [6, 6.07) is 2.56. The predicted octanol–water partition coefficient (Wildman–Crippen LogP) is 3.82. The van der Waals surface area contributed by atoms with Gasteiger partial charge in [-0.25, -0.2) is 9.37 Å². The summed E-state index contributed by atoms with van der Waals surface area (Å²) in [5.74, 6) is -1.73. The van der Waals surface area contributed by atoms with E-state index in [4.69, 9.17) is 5.73 Å². The van der Waals surface area contributed by atoms with Crippen molar-refractivity contribution in [3.05, 3.63) is 44.1 Å². The normalized spacial score (nSPS) is 11.5. The van der Waals surface area contributed by atoms with Gasteiger partial charge in [0.05, 0.1) is 16.3 Å². The Hall–Kier alpha value is -1.68. The Morgan fingerprint density at radius 2 is 2.09 bits per heavy atom. The third kappa shape index (κ3) is 4.41. The van der Waals surface area contributed by atoms with Crippen molar-refractivity contribution in [1.29, 1.82) is 0 Å². The molecule has 0 radical (unpaired) electrons. The molecule has 2 rings (SSSR count). The van der Waals surface area contributed by atoms with E-state index in [0.717, 1.165) is 22.8 Å². The highest BCUT2D eigenvalue weighted by Gasteiger charge is 2.33. The van der Waals surface area contributed by atoms with Crippen LogP contribution in [0.5, 0.6) is 0 Å². The highest BCUT2D eigenvalue weighted by Crippen LogP contribution is 2.30. The van der Waals surface area contributed by atoms with E-state index in [9.17, 15) is 22.4 Å². The maximum absolute atomic E-state index is 13.7. The zero-order valence-corrected chi connectivity index (χ0v) is 13.8. The molecule has 0 fully saturated rings. The van der Waals surface area contributed by atoms with E-state index in [2.05, 4.69) is 26.2 Å². The number of halogens is 5. The summed E-state index contributed by atoms with van der Waals surface area (Å²) in [7, 11) is 0. The first kappa shape index (κ1) is 17.7. The third-order valence-corrected chi connectivity index (χ3v) is 4.16. The third-order valence-electron chi connectivity index (χ3n) is 2.80. The smallest absolute Gasteiger partial charge is 0.384 e. The number of nitrogens with zero attached hydrogens (tertiary/aromatic N) is 1. The van der Waals surface area contributed by atoms with Gasteiger partial charge in [-0.2, -0.15) is 13.2 Å². The molecule has 0 saturated heterocycles. The lowest BCUT2D eigenvalue weighted by molar-refractivity contribution is -0.140. The van der Waals surface area contributed by atoms with Gasteiger partial charge in [0.25, 0.3) is 5.91 Å². The number of amides is 1. The lowest BCUT2D eigenvalue weighted by Gasteiger charge is -2.11. The monoisotopic (exact) mass is 411 g/mol. The van der Waals surface area contributed by atoms with Crippen LogP contribution in [0.15, 0.2) is 22.0 Å². The van der Waals surface area contributed by atoms with Crippen molar-refractivity contribution >= 4 is 38.9 Å². The molecule has 0 saturated carbocycles. The molecular weight excluding hydrogens is 402 g/mol. The van der Waals surface area contributed by atoms with E-state index in [0.29, 0.717) is 4.47 Å². The minimum absolute atomic E-state index is 0.164. The summed E-state index contributed by atoms with van der Waals surface area (Å²) >= 11 is 3.97. The number of hydrogen-bond acceptors (Lipinski definition) is 4. The van der Waals surface area contributed by atoms with Crippen LogP contribution in [0.1, 0.15) is 21.1 Å². The first-order valence-electron chi connectivity index (χ1n) is 6.23. The van der Waals surface area contributed by atoms with Gasteiger partial charge in [0.15, 0.2) is 5.69 Å². The Bertz CT molecular complexity index is 732. The summed E-state index contributed by atoms with van der Waals surface area (Å²) in [5, 5.41) is 4.00. The highest BCUT2D eigenvalue weighted by atomic mass is 79.9. The zero-order valence-electron chi connectivity index (χ0n) is 11.4. The number of hydrogen-bond donors (Lipinski definition) is 2. The van der Waals surface area contributed by atoms with E-state index in [1.807, 2.05) is 0 Å². The topological polar surface area (TPSA) is 68.0 Å². The van der Waals surface area contributed by atoms with Crippen molar-refractivity contribution in [1.82, 2.24) is 4.98 Å². The van der Waals surface area contributed by atoms with Crippen molar-refractivity contribution in [3.63, 3.8) is 0 Å². The van der Waals surface area contributed by atoms with Gasteiger partial charge in [-0.1, -0.05) is 15.9 Å². The molecular formula is C13H10BrF4N3OS. The highest BCUT2D eigenvalue weighted by molar-refractivity contribution is 9.10. The van der Waals surface area contributed by atoms with Gasteiger partial charge in [0, 0.05) is 22.8 Å². The number of alkyl halides is 3. The molecule has 2 aromatic rings. The second-order valence-corrected chi connectivity index (χ2v) is 6.33. The summed E-state index contributed by atoms with van der Waals surface area (Å²) in [4.78, 5) is 14.8. The minimum atomic E-state index is -4.48. The summed E-state index contributed by atoms with van der Waals surface area (Å²) < 4.78 is 51.5. The molecule has 23 heavy (non-hydrogen) atoms. The average molecular weight is 412 g/mol. The number of primary amides is 1. The number of aromatic nitrogens is 1. The second-order valence-electron chi connectivity index (χ2n) is 4.48. The fourth-order valence-corrected chi connectivity index (χ4v) is 3.06. The largest absolute Gasteiger partial charge is 0.434 e. The molecule has 1 amide bonds. The summed E-state index contributed by atoms with van der Waals surface area (Å²) in [6.45, 7) is 0.168. The lowest BCUT2D eigenvalue weighted by atomic mass is 10.1. The van der Waals surface area contributed by atoms with Crippen LogP contribution in [0.25, 0.3) is 0 Å². The Labute approximate surface area is 140 Å². The molecule has 0 bridgehead atoms. The van der Waals surface area contributed by atoms with E-state index in [1.165, 1.54) is 6.07 Å². The maximum atomic E-state index is 13.7. The second kappa shape index (κ2) is 6.83. The SMILES string of the molecule is NC(=O)c1c(F)cc(Br)cc1NCCc1nc(C(F)(F)F)cs1. The van der Waals surface area contributed by atoms with E-state index < -0.39 is 23.6 Å². The molecule has 1 aromatic carbocycles. The Morgan fingerprint density at radius 1 is 1.39 bits per heavy atom. The molecule has 0 spiro atoms. The van der Waals surface area contributed by atoms with E-state index in [1.54, 1.807) is 0 Å².